The molecule has 1 atom stereocenters. The molecule has 0 aromatic heterocycles. The van der Waals surface area contributed by atoms with E-state index in [9.17, 15) is 14.4 Å². The predicted octanol–water partition coefficient (Wildman–Crippen LogP) is 3.95. The molecule has 3 aromatic carbocycles. The maximum Gasteiger partial charge on any atom is 0.343 e. The number of hydrogen-bond acceptors (Lipinski definition) is 5. The van der Waals surface area contributed by atoms with Gasteiger partial charge in [-0.05, 0) is 48.4 Å². The largest absolute Gasteiger partial charge is 0.467 e. The number of nitrogens with zero attached hydrogens (tertiary/aromatic N) is 1. The SMILES string of the molecule is COC(=O)[C@@H](Cc1ccc(OC(=O)c2ccc(C)cc2)cc1)N1Cc2ccccc2C1=O. The molecule has 0 bridgehead atoms. The van der Waals surface area contributed by atoms with Crippen LogP contribution < -0.4 is 4.74 Å². The van der Waals surface area contributed by atoms with E-state index in [1.165, 1.54) is 7.11 Å². The van der Waals surface area contributed by atoms with Gasteiger partial charge in [0.1, 0.15) is 11.8 Å². The van der Waals surface area contributed by atoms with Crippen molar-refractivity contribution in [3.63, 3.8) is 0 Å². The minimum atomic E-state index is -0.749. The molecule has 0 fully saturated rings. The van der Waals surface area contributed by atoms with Crippen molar-refractivity contribution in [1.82, 2.24) is 4.90 Å². The minimum Gasteiger partial charge on any atom is -0.467 e. The topological polar surface area (TPSA) is 72.9 Å². The quantitative estimate of drug-likeness (QED) is 0.438. The molecule has 162 valence electrons. The molecule has 0 aliphatic carbocycles. The molecule has 0 saturated heterocycles. The van der Waals surface area contributed by atoms with E-state index in [-0.39, 0.29) is 5.91 Å². The molecule has 0 radical (unpaired) electrons. The summed E-state index contributed by atoms with van der Waals surface area (Å²) in [6, 6.07) is 20.6. The molecular formula is C26H23NO5. The third-order valence-electron chi connectivity index (χ3n) is 5.55. The lowest BCUT2D eigenvalue weighted by Crippen LogP contribution is -2.43. The van der Waals surface area contributed by atoms with Gasteiger partial charge in [-0.25, -0.2) is 9.59 Å². The summed E-state index contributed by atoms with van der Waals surface area (Å²) in [6.45, 7) is 2.31. The molecule has 0 unspecified atom stereocenters. The Bertz CT molecular complexity index is 1150. The molecule has 1 amide bonds. The van der Waals surface area contributed by atoms with Gasteiger partial charge in [0.05, 0.1) is 12.7 Å². The number of esters is 2. The van der Waals surface area contributed by atoms with Crippen LogP contribution in [0, 0.1) is 6.92 Å². The highest BCUT2D eigenvalue weighted by molar-refractivity contribution is 6.00. The average Bonchev–Trinajstić information content (AvgIpc) is 3.14. The summed E-state index contributed by atoms with van der Waals surface area (Å²) in [5, 5.41) is 0. The first-order valence-corrected chi connectivity index (χ1v) is 10.3. The normalized spacial score (nSPS) is 13.4. The zero-order valence-electron chi connectivity index (χ0n) is 17.9. The van der Waals surface area contributed by atoms with E-state index in [1.54, 1.807) is 47.4 Å². The zero-order valence-corrected chi connectivity index (χ0v) is 17.9. The number of carbonyl (C=O) groups is 3. The molecule has 1 heterocycles. The lowest BCUT2D eigenvalue weighted by Gasteiger charge is -2.25. The molecule has 3 aromatic rings. The highest BCUT2D eigenvalue weighted by Crippen LogP contribution is 2.26. The summed E-state index contributed by atoms with van der Waals surface area (Å²) >= 11 is 0. The van der Waals surface area contributed by atoms with Gasteiger partial charge in [0.2, 0.25) is 0 Å². The summed E-state index contributed by atoms with van der Waals surface area (Å²) in [5.74, 6) is -0.690. The van der Waals surface area contributed by atoms with Crippen molar-refractivity contribution in [3.05, 3.63) is 101 Å². The Morgan fingerprint density at radius 3 is 2.31 bits per heavy atom. The average molecular weight is 429 g/mol. The molecule has 0 spiro atoms. The van der Waals surface area contributed by atoms with Crippen LogP contribution in [-0.2, 0) is 22.5 Å². The molecular weight excluding hydrogens is 406 g/mol. The minimum absolute atomic E-state index is 0.181. The first-order chi connectivity index (χ1) is 15.5. The number of methoxy groups -OCH3 is 1. The summed E-state index contributed by atoms with van der Waals surface area (Å²) < 4.78 is 10.4. The lowest BCUT2D eigenvalue weighted by molar-refractivity contribution is -0.146. The number of benzene rings is 3. The van der Waals surface area contributed by atoms with Crippen molar-refractivity contribution < 1.29 is 23.9 Å². The third kappa shape index (κ3) is 4.39. The number of fused-ring (bicyclic) bond motifs is 1. The number of aryl methyl sites for hydroxylation is 1. The fraction of sp³-hybridized carbons (Fsp3) is 0.192. The molecule has 6 nitrogen and oxygen atoms in total. The van der Waals surface area contributed by atoms with Crippen molar-refractivity contribution in [3.8, 4) is 5.75 Å². The molecule has 1 aliphatic rings. The summed E-state index contributed by atoms with van der Waals surface area (Å²) in [5.41, 5.74) is 3.85. The van der Waals surface area contributed by atoms with Crippen molar-refractivity contribution in [2.75, 3.05) is 7.11 Å². The standard InChI is InChI=1S/C26H23NO5/c1-17-7-11-19(12-8-17)25(29)32-21-13-9-18(10-14-21)15-23(26(30)31-2)27-16-20-5-3-4-6-22(20)24(27)28/h3-14,23H,15-16H2,1-2H3/t23-/m1/s1. The third-order valence-corrected chi connectivity index (χ3v) is 5.55. The van der Waals surface area contributed by atoms with Crippen molar-refractivity contribution >= 4 is 17.8 Å². The highest BCUT2D eigenvalue weighted by atomic mass is 16.5. The van der Waals surface area contributed by atoms with Gasteiger partial charge in [-0.15, -0.1) is 0 Å². The molecule has 1 aliphatic heterocycles. The van der Waals surface area contributed by atoms with E-state index in [0.29, 0.717) is 29.8 Å². The molecule has 4 rings (SSSR count). The van der Waals surface area contributed by atoms with Gasteiger partial charge >= 0.3 is 11.9 Å². The summed E-state index contributed by atoms with van der Waals surface area (Å²) in [7, 11) is 1.32. The monoisotopic (exact) mass is 429 g/mol. The Labute approximate surface area is 186 Å². The number of carbonyl (C=O) groups excluding carboxylic acids is 3. The van der Waals surface area contributed by atoms with Crippen LogP contribution in [0.2, 0.25) is 0 Å². The number of ether oxygens (including phenoxy) is 2. The molecule has 0 saturated carbocycles. The van der Waals surface area contributed by atoms with Gasteiger partial charge in [0.25, 0.3) is 5.91 Å². The Kier molecular flexibility index (Phi) is 6.03. The van der Waals surface area contributed by atoms with Gasteiger partial charge in [-0.1, -0.05) is 48.0 Å². The van der Waals surface area contributed by atoms with Crippen LogP contribution >= 0.6 is 0 Å². The van der Waals surface area contributed by atoms with Gasteiger partial charge < -0.3 is 14.4 Å². The van der Waals surface area contributed by atoms with Crippen LogP contribution in [0.5, 0.6) is 5.75 Å². The highest BCUT2D eigenvalue weighted by Gasteiger charge is 2.36. The van der Waals surface area contributed by atoms with Crippen LogP contribution in [0.1, 0.15) is 37.4 Å². The fourth-order valence-corrected chi connectivity index (χ4v) is 3.76. The maximum atomic E-state index is 12.8. The molecule has 0 N–H and O–H groups in total. The number of hydrogen-bond donors (Lipinski definition) is 0. The first-order valence-electron chi connectivity index (χ1n) is 10.3. The van der Waals surface area contributed by atoms with E-state index in [0.717, 1.165) is 16.7 Å². The number of rotatable bonds is 6. The Hall–Kier alpha value is -3.93. The summed E-state index contributed by atoms with van der Waals surface area (Å²) in [6.07, 6.45) is 0.290. The maximum absolute atomic E-state index is 12.8. The van der Waals surface area contributed by atoms with Gasteiger partial charge in [0, 0.05) is 18.5 Å². The van der Waals surface area contributed by atoms with Gasteiger partial charge in [-0.2, -0.15) is 0 Å². The molecule has 32 heavy (non-hydrogen) atoms. The summed E-state index contributed by atoms with van der Waals surface area (Å²) in [4.78, 5) is 39.2. The van der Waals surface area contributed by atoms with E-state index < -0.39 is 18.0 Å². The van der Waals surface area contributed by atoms with Gasteiger partial charge in [-0.3, -0.25) is 4.79 Å². The van der Waals surface area contributed by atoms with E-state index >= 15 is 0 Å². The number of amides is 1. The van der Waals surface area contributed by atoms with Crippen molar-refractivity contribution in [2.24, 2.45) is 0 Å². The van der Waals surface area contributed by atoms with Crippen molar-refractivity contribution in [1.29, 1.82) is 0 Å². The van der Waals surface area contributed by atoms with E-state index in [1.807, 2.05) is 37.3 Å². The molecule has 6 heteroatoms. The fourth-order valence-electron chi connectivity index (χ4n) is 3.76. The van der Waals surface area contributed by atoms with Crippen LogP contribution in [0.25, 0.3) is 0 Å². The predicted molar refractivity (Wildman–Crippen MR) is 118 cm³/mol. The van der Waals surface area contributed by atoms with Crippen LogP contribution in [0.4, 0.5) is 0 Å². The zero-order chi connectivity index (χ0) is 22.7. The second-order valence-electron chi connectivity index (χ2n) is 7.73. The van der Waals surface area contributed by atoms with Crippen molar-refractivity contribution in [2.45, 2.75) is 25.9 Å². The second kappa shape index (κ2) is 9.06. The van der Waals surface area contributed by atoms with Crippen LogP contribution in [0.15, 0.2) is 72.8 Å². The first kappa shape index (κ1) is 21.3. The second-order valence-corrected chi connectivity index (χ2v) is 7.73. The Balaban J connectivity index is 1.47. The Morgan fingerprint density at radius 1 is 0.969 bits per heavy atom. The smallest absolute Gasteiger partial charge is 0.343 e. The van der Waals surface area contributed by atoms with E-state index in [4.69, 9.17) is 9.47 Å². The Morgan fingerprint density at radius 2 is 1.66 bits per heavy atom. The van der Waals surface area contributed by atoms with Crippen LogP contribution in [-0.4, -0.2) is 35.9 Å². The lowest BCUT2D eigenvalue weighted by atomic mass is 10.0. The van der Waals surface area contributed by atoms with E-state index in [2.05, 4.69) is 0 Å². The van der Waals surface area contributed by atoms with Crippen LogP contribution in [0.3, 0.4) is 0 Å². The van der Waals surface area contributed by atoms with Gasteiger partial charge in [0.15, 0.2) is 0 Å².